The lowest BCUT2D eigenvalue weighted by molar-refractivity contribution is -0.116. The molecule has 2 heterocycles. The number of allylic oxidation sites excluding steroid dienone is 1. The molecule has 0 spiro atoms. The second-order valence-corrected chi connectivity index (χ2v) is 10.0. The van der Waals surface area contributed by atoms with Gasteiger partial charge in [0.25, 0.3) is 5.91 Å². The van der Waals surface area contributed by atoms with Gasteiger partial charge in [-0.05, 0) is 67.4 Å². The van der Waals surface area contributed by atoms with Crippen LogP contribution < -0.4 is 10.2 Å². The summed E-state index contributed by atoms with van der Waals surface area (Å²) in [6.45, 7) is 1.99. The minimum atomic E-state index is -0.623. The van der Waals surface area contributed by atoms with Crippen LogP contribution in [-0.2, 0) is 4.79 Å². The standard InChI is InChI=1S/C31H25ClN2O3/c1-19-8-10-21(11-9-19)31(36)34-26-6-3-2-5-24(26)33-25-17-22(28-7-4-16-37-28)18-27(35)29(25)30(34)20-12-14-23(32)15-13-20/h2-16,22,30,33H,17-18H2,1H3/t22-,30-/m0/s1. The Balaban J connectivity index is 1.57. The monoisotopic (exact) mass is 508 g/mol. The average Bonchev–Trinajstić information content (AvgIpc) is 3.40. The maximum Gasteiger partial charge on any atom is 0.259 e. The maximum absolute atomic E-state index is 14.2. The number of nitrogens with one attached hydrogen (secondary N) is 1. The van der Waals surface area contributed by atoms with Gasteiger partial charge in [-0.3, -0.25) is 14.5 Å². The number of hydrogen-bond donors (Lipinski definition) is 1. The molecule has 2 aliphatic rings. The summed E-state index contributed by atoms with van der Waals surface area (Å²) in [6.07, 6.45) is 2.54. The minimum absolute atomic E-state index is 0.00962. The van der Waals surface area contributed by atoms with Crippen molar-refractivity contribution in [1.29, 1.82) is 0 Å². The van der Waals surface area contributed by atoms with Crippen molar-refractivity contribution < 1.29 is 14.0 Å². The molecule has 0 saturated carbocycles. The number of nitrogens with zero attached hydrogens (tertiary/aromatic N) is 1. The number of rotatable bonds is 3. The SMILES string of the molecule is Cc1ccc(C(=O)N2c3ccccc3NC3=C(C(=O)C[C@@H](c4ccco4)C3)[C@@H]2c2ccc(Cl)cc2)cc1. The molecule has 1 aliphatic heterocycles. The number of ketones is 1. The van der Waals surface area contributed by atoms with E-state index >= 15 is 0 Å². The Morgan fingerprint density at radius 3 is 2.43 bits per heavy atom. The zero-order valence-corrected chi connectivity index (χ0v) is 21.0. The number of Topliss-reactive ketones (excluding diaryl/α,β-unsaturated/α-hetero) is 1. The van der Waals surface area contributed by atoms with Crippen LogP contribution in [0, 0.1) is 6.92 Å². The van der Waals surface area contributed by atoms with E-state index in [0.29, 0.717) is 34.7 Å². The molecule has 0 fully saturated rings. The predicted molar refractivity (Wildman–Crippen MR) is 145 cm³/mol. The molecule has 0 radical (unpaired) electrons. The van der Waals surface area contributed by atoms with Crippen LogP contribution in [0.5, 0.6) is 0 Å². The molecule has 0 saturated heterocycles. The van der Waals surface area contributed by atoms with Crippen molar-refractivity contribution in [3.05, 3.63) is 130 Å². The first-order chi connectivity index (χ1) is 18.0. The smallest absolute Gasteiger partial charge is 0.259 e. The summed E-state index contributed by atoms with van der Waals surface area (Å²) in [6, 6.07) is 25.8. The lowest BCUT2D eigenvalue weighted by Crippen LogP contribution is -2.38. The highest BCUT2D eigenvalue weighted by Crippen LogP contribution is 2.48. The van der Waals surface area contributed by atoms with Crippen LogP contribution in [0.1, 0.15) is 52.0 Å². The highest BCUT2D eigenvalue weighted by atomic mass is 35.5. The Bertz CT molecular complexity index is 1510. The number of halogens is 1. The average molecular weight is 509 g/mol. The fraction of sp³-hybridized carbons (Fsp3) is 0.161. The predicted octanol–water partition coefficient (Wildman–Crippen LogP) is 7.46. The van der Waals surface area contributed by atoms with E-state index in [0.717, 1.165) is 28.3 Å². The largest absolute Gasteiger partial charge is 0.469 e. The number of hydrogen-bond acceptors (Lipinski definition) is 4. The van der Waals surface area contributed by atoms with Gasteiger partial charge in [0.2, 0.25) is 0 Å². The van der Waals surface area contributed by atoms with Gasteiger partial charge < -0.3 is 9.73 Å². The summed E-state index contributed by atoms with van der Waals surface area (Å²) in [7, 11) is 0. The number of para-hydroxylation sites is 2. The van der Waals surface area contributed by atoms with Gasteiger partial charge in [-0.15, -0.1) is 0 Å². The molecule has 184 valence electrons. The quantitative estimate of drug-likeness (QED) is 0.312. The van der Waals surface area contributed by atoms with Crippen molar-refractivity contribution in [2.24, 2.45) is 0 Å². The Labute approximate surface area is 220 Å². The first kappa shape index (κ1) is 23.3. The minimum Gasteiger partial charge on any atom is -0.469 e. The Morgan fingerprint density at radius 2 is 1.70 bits per heavy atom. The van der Waals surface area contributed by atoms with E-state index < -0.39 is 6.04 Å². The van der Waals surface area contributed by atoms with Crippen molar-refractivity contribution in [2.45, 2.75) is 31.7 Å². The second kappa shape index (κ2) is 9.41. The van der Waals surface area contributed by atoms with Crippen LogP contribution in [0.3, 0.4) is 0 Å². The third-order valence-corrected chi connectivity index (χ3v) is 7.39. The first-order valence-electron chi connectivity index (χ1n) is 12.3. The lowest BCUT2D eigenvalue weighted by atomic mass is 9.80. The third-order valence-electron chi connectivity index (χ3n) is 7.14. The van der Waals surface area contributed by atoms with Crippen molar-refractivity contribution in [3.63, 3.8) is 0 Å². The molecule has 1 amide bonds. The Morgan fingerprint density at radius 1 is 0.946 bits per heavy atom. The molecule has 1 aromatic heterocycles. The lowest BCUT2D eigenvalue weighted by Gasteiger charge is -2.35. The number of benzene rings is 3. The summed E-state index contributed by atoms with van der Waals surface area (Å²) in [5.41, 5.74) is 5.34. The van der Waals surface area contributed by atoms with E-state index in [1.165, 1.54) is 0 Å². The van der Waals surface area contributed by atoms with E-state index in [1.54, 1.807) is 23.3 Å². The topological polar surface area (TPSA) is 62.6 Å². The van der Waals surface area contributed by atoms with Crippen molar-refractivity contribution in [1.82, 2.24) is 0 Å². The summed E-state index contributed by atoms with van der Waals surface area (Å²) in [5, 5.41) is 4.13. The van der Waals surface area contributed by atoms with Crippen molar-refractivity contribution in [2.75, 3.05) is 10.2 Å². The second-order valence-electron chi connectivity index (χ2n) is 9.57. The van der Waals surface area contributed by atoms with Crippen LogP contribution in [0.4, 0.5) is 11.4 Å². The van der Waals surface area contributed by atoms with Gasteiger partial charge in [0, 0.05) is 34.2 Å². The molecule has 0 unspecified atom stereocenters. The molecule has 37 heavy (non-hydrogen) atoms. The third kappa shape index (κ3) is 4.25. The number of aryl methyl sites for hydroxylation is 1. The van der Waals surface area contributed by atoms with E-state index in [2.05, 4.69) is 5.32 Å². The summed E-state index contributed by atoms with van der Waals surface area (Å²) < 4.78 is 5.67. The molecule has 2 atom stereocenters. The normalized spacial score (nSPS) is 19.1. The molecule has 1 N–H and O–H groups in total. The highest BCUT2D eigenvalue weighted by molar-refractivity contribution is 6.30. The van der Waals surface area contributed by atoms with Crippen molar-refractivity contribution in [3.8, 4) is 0 Å². The number of furan rings is 1. The number of fused-ring (bicyclic) bond motifs is 1. The fourth-order valence-corrected chi connectivity index (χ4v) is 5.46. The molecule has 5 nitrogen and oxygen atoms in total. The molecule has 4 aromatic rings. The van der Waals surface area contributed by atoms with Gasteiger partial charge in [0.1, 0.15) is 5.76 Å². The van der Waals surface area contributed by atoms with Gasteiger partial charge >= 0.3 is 0 Å². The first-order valence-corrected chi connectivity index (χ1v) is 12.7. The number of carbonyl (C=O) groups excluding carboxylic acids is 2. The van der Waals surface area contributed by atoms with Crippen LogP contribution in [-0.4, -0.2) is 11.7 Å². The molecule has 6 heteroatoms. The highest BCUT2D eigenvalue weighted by Gasteiger charge is 2.42. The van der Waals surface area contributed by atoms with E-state index in [1.807, 2.05) is 79.7 Å². The van der Waals surface area contributed by atoms with Gasteiger partial charge in [0.15, 0.2) is 5.78 Å². The summed E-state index contributed by atoms with van der Waals surface area (Å²) >= 11 is 6.23. The number of carbonyl (C=O) groups is 2. The fourth-order valence-electron chi connectivity index (χ4n) is 5.33. The zero-order valence-electron chi connectivity index (χ0n) is 20.3. The molecular weight excluding hydrogens is 484 g/mol. The van der Waals surface area contributed by atoms with Gasteiger partial charge in [-0.1, -0.05) is 53.6 Å². The number of amides is 1. The summed E-state index contributed by atoms with van der Waals surface area (Å²) in [4.78, 5) is 29.9. The molecule has 1 aliphatic carbocycles. The zero-order chi connectivity index (χ0) is 25.5. The van der Waals surface area contributed by atoms with E-state index in [4.69, 9.17) is 16.0 Å². The Kier molecular flexibility index (Phi) is 5.93. The van der Waals surface area contributed by atoms with Gasteiger partial charge in [-0.2, -0.15) is 0 Å². The molecule has 3 aromatic carbocycles. The molecular formula is C31H25ClN2O3. The van der Waals surface area contributed by atoms with Gasteiger partial charge in [-0.25, -0.2) is 0 Å². The van der Waals surface area contributed by atoms with E-state index in [-0.39, 0.29) is 17.6 Å². The van der Waals surface area contributed by atoms with Crippen LogP contribution in [0.25, 0.3) is 0 Å². The summed E-state index contributed by atoms with van der Waals surface area (Å²) in [5.74, 6) is 0.523. The van der Waals surface area contributed by atoms with E-state index in [9.17, 15) is 9.59 Å². The number of anilines is 2. The van der Waals surface area contributed by atoms with Crippen LogP contribution >= 0.6 is 11.6 Å². The molecule has 6 rings (SSSR count). The van der Waals surface area contributed by atoms with Gasteiger partial charge in [0.05, 0.1) is 23.7 Å². The van der Waals surface area contributed by atoms with Crippen molar-refractivity contribution >= 4 is 34.7 Å². The maximum atomic E-state index is 14.2. The van der Waals surface area contributed by atoms with Crippen LogP contribution in [0.15, 0.2) is 107 Å². The van der Waals surface area contributed by atoms with Crippen LogP contribution in [0.2, 0.25) is 5.02 Å². The Hall–Kier alpha value is -4.09. The molecule has 0 bridgehead atoms.